The molecule has 0 aliphatic rings. The van der Waals surface area contributed by atoms with Gasteiger partial charge in [0.1, 0.15) is 15.9 Å². The Morgan fingerprint density at radius 1 is 1.00 bits per heavy atom. The molecule has 2 rings (SSSR count). The van der Waals surface area contributed by atoms with E-state index >= 15 is 0 Å². The van der Waals surface area contributed by atoms with E-state index in [1.165, 1.54) is 9.13 Å². The molecule has 0 aliphatic carbocycles. The van der Waals surface area contributed by atoms with Crippen molar-refractivity contribution in [3.63, 3.8) is 0 Å². The van der Waals surface area contributed by atoms with Crippen LogP contribution in [0.3, 0.4) is 0 Å². The molecule has 2 aromatic rings. The smallest absolute Gasteiger partial charge is 0.296 e. The molecule has 0 fully saturated rings. The normalized spacial score (nSPS) is 11.0. The maximum Gasteiger partial charge on any atom is 0.296 e. The Morgan fingerprint density at radius 2 is 1.48 bits per heavy atom. The molecule has 0 saturated carbocycles. The first kappa shape index (κ1) is 18.1. The molecule has 6 heteroatoms. The highest BCUT2D eigenvalue weighted by Crippen LogP contribution is 2.11. The highest BCUT2D eigenvalue weighted by molar-refractivity contribution is 7.85. The van der Waals surface area contributed by atoms with Gasteiger partial charge in [-0.2, -0.15) is 0 Å². The number of hydrogen-bond acceptors (Lipinski definition) is 3. The largest absolute Gasteiger partial charge is 0.744 e. The summed E-state index contributed by atoms with van der Waals surface area (Å²) >= 11 is 2.05. The van der Waals surface area contributed by atoms with Crippen LogP contribution in [0, 0.1) is 9.39 Å². The van der Waals surface area contributed by atoms with Gasteiger partial charge in [0, 0.05) is 0 Å². The lowest BCUT2D eigenvalue weighted by Crippen LogP contribution is -3.34. The van der Waals surface area contributed by atoms with Crippen LogP contribution >= 0.6 is 0 Å². The van der Waals surface area contributed by atoms with E-state index in [0.717, 1.165) is 24.3 Å². The van der Waals surface area contributed by atoms with Gasteiger partial charge < -0.3 is 4.55 Å². The van der Waals surface area contributed by atoms with Crippen LogP contribution in [0.4, 0.5) is 4.39 Å². The molecule has 21 heavy (non-hydrogen) atoms. The van der Waals surface area contributed by atoms with Gasteiger partial charge in [-0.05, 0) is 47.9 Å². The maximum absolute atomic E-state index is 12.2. The number of benzene rings is 2. The number of rotatable bonds is 2. The van der Waals surface area contributed by atoms with Gasteiger partial charge >= 0.3 is 0 Å². The van der Waals surface area contributed by atoms with Crippen LogP contribution in [0.2, 0.25) is 0 Å². The molecule has 0 aromatic heterocycles. The van der Waals surface area contributed by atoms with Crippen LogP contribution in [-0.2, 0) is 10.1 Å². The SMILES string of the molecule is CC(C)c1ccc([IH+])cc1.O=S(=O)([O-])c1ccc(F)cc1. The molecule has 2 aromatic carbocycles. The molecule has 0 unspecified atom stereocenters. The summed E-state index contributed by atoms with van der Waals surface area (Å²) in [4.78, 5) is -0.418. The summed E-state index contributed by atoms with van der Waals surface area (Å²) in [5.41, 5.74) is 1.42. The standard InChI is InChI=1S/C9H12I.C6H5FO3S/c1-7(2)8-3-5-9(10)6-4-8;7-5-1-3-6(4-2-5)11(8,9)10/h3-7,10H,1-2H3;1-4H,(H,8,9,10)/q+1;/p-1. The maximum atomic E-state index is 12.2. The molecule has 0 saturated heterocycles. The first-order chi connectivity index (χ1) is 9.70. The molecule has 3 nitrogen and oxygen atoms in total. The Morgan fingerprint density at radius 3 is 1.86 bits per heavy atom. The van der Waals surface area contributed by atoms with Crippen LogP contribution in [0.25, 0.3) is 0 Å². The molecule has 0 amide bonds. The molecular weight excluding hydrogens is 406 g/mol. The summed E-state index contributed by atoms with van der Waals surface area (Å²) in [7, 11) is -4.44. The Hall–Kier alpha value is -0.990. The van der Waals surface area contributed by atoms with Crippen molar-refractivity contribution < 1.29 is 40.0 Å². The van der Waals surface area contributed by atoms with E-state index in [2.05, 4.69) is 38.1 Å². The Bertz CT molecular complexity index is 665. The van der Waals surface area contributed by atoms with E-state index in [9.17, 15) is 17.4 Å². The average molecular weight is 422 g/mol. The summed E-state index contributed by atoms with van der Waals surface area (Å²) in [6.07, 6.45) is 0. The van der Waals surface area contributed by atoms with Gasteiger partial charge in [-0.3, -0.25) is 0 Å². The van der Waals surface area contributed by atoms with Crippen molar-refractivity contribution in [2.45, 2.75) is 24.7 Å². The summed E-state index contributed by atoms with van der Waals surface area (Å²) in [6, 6.07) is 12.4. The molecule has 0 heterocycles. The van der Waals surface area contributed by atoms with E-state index in [4.69, 9.17) is 0 Å². The van der Waals surface area contributed by atoms with Crippen molar-refractivity contribution in [1.29, 1.82) is 0 Å². The zero-order valence-corrected chi connectivity index (χ0v) is 14.8. The lowest BCUT2D eigenvalue weighted by Gasteiger charge is -2.04. The molecule has 114 valence electrons. The van der Waals surface area contributed by atoms with E-state index in [1.807, 2.05) is 22.6 Å². The number of halogens is 2. The first-order valence-electron chi connectivity index (χ1n) is 6.18. The molecular formula is C15H16FIO3S. The van der Waals surface area contributed by atoms with Crippen LogP contribution in [-0.4, -0.2) is 13.0 Å². The third-order valence-corrected chi connectivity index (χ3v) is 4.28. The molecule has 0 spiro atoms. The van der Waals surface area contributed by atoms with Crippen LogP contribution in [0.15, 0.2) is 53.4 Å². The Balaban J connectivity index is 0.000000211. The molecule has 0 N–H and O–H groups in total. The summed E-state index contributed by atoms with van der Waals surface area (Å²) in [5.74, 6) is 0.0826. The molecule has 0 bridgehead atoms. The van der Waals surface area contributed by atoms with Gasteiger partial charge in [-0.15, -0.1) is 0 Å². The minimum Gasteiger partial charge on any atom is -0.744 e. The molecule has 0 atom stereocenters. The minimum absolute atomic E-state index is 0.418. The van der Waals surface area contributed by atoms with Gasteiger partial charge in [-0.25, -0.2) is 12.8 Å². The fraction of sp³-hybridized carbons (Fsp3) is 0.200. The zero-order valence-electron chi connectivity index (χ0n) is 11.6. The summed E-state index contributed by atoms with van der Waals surface area (Å²) in [6.45, 7) is 4.43. The second kappa shape index (κ2) is 7.86. The summed E-state index contributed by atoms with van der Waals surface area (Å²) < 4.78 is 44.3. The van der Waals surface area contributed by atoms with E-state index < -0.39 is 20.8 Å². The van der Waals surface area contributed by atoms with Crippen molar-refractivity contribution in [3.05, 3.63) is 63.5 Å². The Labute approximate surface area is 138 Å². The van der Waals surface area contributed by atoms with Gasteiger partial charge in [0.2, 0.25) is 0 Å². The predicted molar refractivity (Wildman–Crippen MR) is 75.0 cm³/mol. The monoisotopic (exact) mass is 422 g/mol. The van der Waals surface area contributed by atoms with Crippen LogP contribution in [0.1, 0.15) is 25.3 Å². The van der Waals surface area contributed by atoms with E-state index in [-0.39, 0.29) is 0 Å². The molecule has 0 radical (unpaired) electrons. The third kappa shape index (κ3) is 6.54. The quantitative estimate of drug-likeness (QED) is 0.506. The zero-order chi connectivity index (χ0) is 16.0. The second-order valence-electron chi connectivity index (χ2n) is 4.63. The number of hydrogen-bond donors (Lipinski definition) is 0. The summed E-state index contributed by atoms with van der Waals surface area (Å²) in [5, 5.41) is 0. The second-order valence-corrected chi connectivity index (χ2v) is 7.36. The van der Waals surface area contributed by atoms with Gasteiger partial charge in [0.05, 0.1) is 4.90 Å². The van der Waals surface area contributed by atoms with Gasteiger partial charge in [0.15, 0.2) is 3.57 Å². The van der Waals surface area contributed by atoms with E-state index in [1.54, 1.807) is 0 Å². The van der Waals surface area contributed by atoms with Crippen molar-refractivity contribution in [1.82, 2.24) is 0 Å². The predicted octanol–water partition coefficient (Wildman–Crippen LogP) is -0.00500. The average Bonchev–Trinajstić information content (AvgIpc) is 2.39. The van der Waals surface area contributed by atoms with Crippen molar-refractivity contribution in [2.75, 3.05) is 0 Å². The van der Waals surface area contributed by atoms with Crippen molar-refractivity contribution in [2.24, 2.45) is 0 Å². The molecule has 0 aliphatic heterocycles. The van der Waals surface area contributed by atoms with Gasteiger partial charge in [0.25, 0.3) is 22.6 Å². The van der Waals surface area contributed by atoms with Crippen LogP contribution < -0.4 is 22.6 Å². The third-order valence-electron chi connectivity index (χ3n) is 2.65. The lowest BCUT2D eigenvalue weighted by atomic mass is 10.0. The topological polar surface area (TPSA) is 57.2 Å². The first-order valence-corrected chi connectivity index (χ1v) is 8.76. The lowest BCUT2D eigenvalue weighted by molar-refractivity contribution is -0.328. The fourth-order valence-electron chi connectivity index (χ4n) is 1.45. The highest BCUT2D eigenvalue weighted by Gasteiger charge is 1.99. The van der Waals surface area contributed by atoms with Crippen molar-refractivity contribution in [3.8, 4) is 0 Å². The minimum atomic E-state index is -4.44. The van der Waals surface area contributed by atoms with Crippen LogP contribution in [0.5, 0.6) is 0 Å². The van der Waals surface area contributed by atoms with E-state index in [0.29, 0.717) is 5.92 Å². The van der Waals surface area contributed by atoms with Gasteiger partial charge in [-0.1, -0.05) is 26.0 Å². The highest BCUT2D eigenvalue weighted by atomic mass is 127. The Kier molecular flexibility index (Phi) is 6.76. The van der Waals surface area contributed by atoms with Crippen molar-refractivity contribution >= 4 is 10.1 Å². The fourth-order valence-corrected chi connectivity index (χ4v) is 2.31.